The van der Waals surface area contributed by atoms with E-state index in [4.69, 9.17) is 17.1 Å². The van der Waals surface area contributed by atoms with E-state index >= 15 is 0 Å². The molecule has 70 valence electrons. The number of hydrogen-bond acceptors (Lipinski definition) is 1. The van der Waals surface area contributed by atoms with Gasteiger partial charge in [-0.15, -0.1) is 0 Å². The predicted molar refractivity (Wildman–Crippen MR) is 54.6 cm³/mol. The molecule has 0 bridgehead atoms. The lowest BCUT2D eigenvalue weighted by Gasteiger charge is -1.94. The van der Waals surface area contributed by atoms with Gasteiger partial charge in [-0.25, -0.2) is 0 Å². The van der Waals surface area contributed by atoms with Crippen molar-refractivity contribution in [1.82, 2.24) is 0 Å². The molecule has 0 radical (unpaired) electrons. The highest BCUT2D eigenvalue weighted by Crippen LogP contribution is 2.16. The van der Waals surface area contributed by atoms with Gasteiger partial charge in [0.15, 0.2) is 0 Å². The number of carbonyl (C=O) groups is 1. The Morgan fingerprint density at radius 3 is 2.86 bits per heavy atom. The lowest BCUT2D eigenvalue weighted by molar-refractivity contribution is -0.113. The molecule has 5 heteroatoms. The van der Waals surface area contributed by atoms with Gasteiger partial charge in [-0.3, -0.25) is 4.79 Å². The number of benzene rings is 1. The van der Waals surface area contributed by atoms with Crippen molar-refractivity contribution in [2.45, 2.75) is 0 Å². The fourth-order valence-corrected chi connectivity index (χ4v) is 1.05. The first kappa shape index (κ1) is 10.3. The van der Waals surface area contributed by atoms with Gasteiger partial charge in [-0.05, 0) is 34.4 Å². The van der Waals surface area contributed by atoms with Crippen molar-refractivity contribution in [2.75, 3.05) is 0 Å². The van der Waals surface area contributed by atoms with Crippen molar-refractivity contribution in [3.63, 3.8) is 0 Å². The zero-order chi connectivity index (χ0) is 10.4. The third-order valence-corrected chi connectivity index (χ3v) is 1.80. The molecule has 0 atom stereocenters. The van der Waals surface area contributed by atoms with Gasteiger partial charge in [-0.2, -0.15) is 0 Å². The van der Waals surface area contributed by atoms with Crippen LogP contribution in [0.2, 0.25) is 5.02 Å². The molecular weight excluding hydrogens is 202 g/mol. The third-order valence-electron chi connectivity index (χ3n) is 1.45. The smallest absolute Gasteiger partial charge is 0.242 e. The first-order chi connectivity index (χ1) is 6.74. The summed E-state index contributed by atoms with van der Waals surface area (Å²) in [7, 11) is 0. The first-order valence-electron chi connectivity index (χ1n) is 3.75. The highest BCUT2D eigenvalue weighted by molar-refractivity contribution is 6.32. The molecule has 0 aliphatic carbocycles. The molecule has 1 aromatic carbocycles. The standard InChI is InChI=1S/C9H6ClN3O/c10-8-4-2-1-3-7(8)5-6-9(14)12-13-11/h1-6H/b6-5+. The van der Waals surface area contributed by atoms with Gasteiger partial charge in [0.25, 0.3) is 0 Å². The lowest BCUT2D eigenvalue weighted by Crippen LogP contribution is -1.82. The van der Waals surface area contributed by atoms with E-state index in [1.165, 1.54) is 12.2 Å². The van der Waals surface area contributed by atoms with Crippen LogP contribution in [0, 0.1) is 0 Å². The topological polar surface area (TPSA) is 65.8 Å². The van der Waals surface area contributed by atoms with Gasteiger partial charge in [0.2, 0.25) is 5.91 Å². The van der Waals surface area contributed by atoms with Crippen LogP contribution in [0.1, 0.15) is 5.56 Å². The number of carbonyl (C=O) groups excluding carboxylic acids is 1. The quantitative estimate of drug-likeness (QED) is 0.318. The molecule has 0 spiro atoms. The zero-order valence-electron chi connectivity index (χ0n) is 7.09. The average Bonchev–Trinajstić information content (AvgIpc) is 2.17. The van der Waals surface area contributed by atoms with Gasteiger partial charge < -0.3 is 0 Å². The second kappa shape index (κ2) is 5.07. The number of amides is 1. The molecule has 0 aliphatic rings. The van der Waals surface area contributed by atoms with Crippen molar-refractivity contribution in [3.8, 4) is 0 Å². The molecule has 4 nitrogen and oxygen atoms in total. The highest BCUT2D eigenvalue weighted by atomic mass is 35.5. The summed E-state index contributed by atoms with van der Waals surface area (Å²) in [5, 5.41) is 3.42. The Labute approximate surface area is 85.4 Å². The Kier molecular flexibility index (Phi) is 3.73. The Hall–Kier alpha value is -1.77. The van der Waals surface area contributed by atoms with E-state index in [1.54, 1.807) is 24.3 Å². The second-order valence-electron chi connectivity index (χ2n) is 2.38. The lowest BCUT2D eigenvalue weighted by atomic mass is 10.2. The molecule has 0 aliphatic heterocycles. The summed E-state index contributed by atoms with van der Waals surface area (Å²) < 4.78 is 0. The summed E-state index contributed by atoms with van der Waals surface area (Å²) in [6.45, 7) is 0. The van der Waals surface area contributed by atoms with Crippen LogP contribution >= 0.6 is 11.6 Å². The molecule has 0 saturated carbocycles. The van der Waals surface area contributed by atoms with Crippen molar-refractivity contribution in [2.24, 2.45) is 5.11 Å². The number of halogens is 1. The molecule has 1 rings (SSSR count). The van der Waals surface area contributed by atoms with E-state index < -0.39 is 5.91 Å². The number of azide groups is 1. The van der Waals surface area contributed by atoms with Crippen molar-refractivity contribution in [1.29, 1.82) is 0 Å². The fourth-order valence-electron chi connectivity index (χ4n) is 0.849. The molecule has 0 saturated heterocycles. The van der Waals surface area contributed by atoms with E-state index in [0.29, 0.717) is 10.6 Å². The Morgan fingerprint density at radius 2 is 2.21 bits per heavy atom. The minimum absolute atomic E-state index is 0.539. The predicted octanol–water partition coefficient (Wildman–Crippen LogP) is 3.19. The van der Waals surface area contributed by atoms with Gasteiger partial charge in [0.05, 0.1) is 0 Å². The van der Waals surface area contributed by atoms with Crippen LogP contribution in [0.4, 0.5) is 0 Å². The summed E-state index contributed by atoms with van der Waals surface area (Å²) in [6.07, 6.45) is 2.67. The largest absolute Gasteiger partial charge is 0.288 e. The summed E-state index contributed by atoms with van der Waals surface area (Å²) in [5.41, 5.74) is 8.67. The minimum atomic E-state index is -0.646. The third kappa shape index (κ3) is 2.94. The molecule has 0 fully saturated rings. The Morgan fingerprint density at radius 1 is 1.50 bits per heavy atom. The van der Waals surface area contributed by atoms with Crippen LogP contribution in [0.25, 0.3) is 16.5 Å². The average molecular weight is 208 g/mol. The van der Waals surface area contributed by atoms with E-state index in [1.807, 2.05) is 0 Å². The van der Waals surface area contributed by atoms with Crippen LogP contribution in [-0.4, -0.2) is 5.91 Å². The second-order valence-corrected chi connectivity index (χ2v) is 2.79. The minimum Gasteiger partial charge on any atom is -0.288 e. The van der Waals surface area contributed by atoms with Gasteiger partial charge in [0.1, 0.15) is 0 Å². The molecule has 1 aromatic rings. The van der Waals surface area contributed by atoms with Gasteiger partial charge in [-0.1, -0.05) is 29.8 Å². The molecular formula is C9H6ClN3O. The van der Waals surface area contributed by atoms with Crippen LogP contribution in [0.3, 0.4) is 0 Å². The molecule has 0 aromatic heterocycles. The molecule has 14 heavy (non-hydrogen) atoms. The summed E-state index contributed by atoms with van der Waals surface area (Å²) in [4.78, 5) is 13.1. The normalized spacial score (nSPS) is 9.79. The number of nitrogens with zero attached hydrogens (tertiary/aromatic N) is 3. The van der Waals surface area contributed by atoms with Crippen molar-refractivity contribution < 1.29 is 4.79 Å². The van der Waals surface area contributed by atoms with Crippen LogP contribution in [0.15, 0.2) is 35.5 Å². The van der Waals surface area contributed by atoms with Crippen LogP contribution in [-0.2, 0) is 4.79 Å². The molecule has 1 amide bonds. The maximum atomic E-state index is 10.8. The van der Waals surface area contributed by atoms with E-state index in [2.05, 4.69) is 10.0 Å². The maximum absolute atomic E-state index is 10.8. The van der Waals surface area contributed by atoms with E-state index in [9.17, 15) is 4.79 Å². The van der Waals surface area contributed by atoms with Crippen molar-refractivity contribution in [3.05, 3.63) is 51.4 Å². The monoisotopic (exact) mass is 207 g/mol. The van der Waals surface area contributed by atoms with E-state index in [-0.39, 0.29) is 0 Å². The maximum Gasteiger partial charge on any atom is 0.242 e. The molecule has 0 N–H and O–H groups in total. The van der Waals surface area contributed by atoms with E-state index in [0.717, 1.165) is 0 Å². The number of rotatable bonds is 2. The summed E-state index contributed by atoms with van der Waals surface area (Å²) in [6, 6.07) is 7.04. The zero-order valence-corrected chi connectivity index (χ0v) is 7.85. The summed E-state index contributed by atoms with van der Waals surface area (Å²) >= 11 is 5.82. The van der Waals surface area contributed by atoms with Crippen molar-refractivity contribution >= 4 is 23.6 Å². The molecule has 0 unspecified atom stereocenters. The number of hydrogen-bond donors (Lipinski definition) is 0. The first-order valence-corrected chi connectivity index (χ1v) is 4.13. The van der Waals surface area contributed by atoms with Gasteiger partial charge in [0, 0.05) is 9.93 Å². The Bertz CT molecular complexity index is 422. The highest BCUT2D eigenvalue weighted by Gasteiger charge is 1.94. The van der Waals surface area contributed by atoms with Gasteiger partial charge >= 0.3 is 0 Å². The van der Waals surface area contributed by atoms with Crippen LogP contribution < -0.4 is 0 Å². The Balaban J connectivity index is 2.83. The summed E-state index contributed by atoms with van der Waals surface area (Å²) in [5.74, 6) is -0.646. The SMILES string of the molecule is [N-]=[N+]=NC(=O)/C=C/c1ccccc1Cl. The molecule has 0 heterocycles. The fraction of sp³-hybridized carbons (Fsp3) is 0. The van der Waals surface area contributed by atoms with Crippen LogP contribution in [0.5, 0.6) is 0 Å².